The van der Waals surface area contributed by atoms with E-state index in [1.165, 1.54) is 5.32 Å². The molecule has 1 aromatic carbocycles. The molecule has 0 atom stereocenters. The first-order valence-electron chi connectivity index (χ1n) is 6.08. The van der Waals surface area contributed by atoms with Crippen molar-refractivity contribution in [1.29, 1.82) is 0 Å². The molecule has 0 radical (unpaired) electrons. The summed E-state index contributed by atoms with van der Waals surface area (Å²) in [5, 5.41) is 11.1. The largest absolute Gasteiger partial charge is 0.383 e. The topological polar surface area (TPSA) is 49.3 Å². The van der Waals surface area contributed by atoms with Crippen LogP contribution in [0.5, 0.6) is 0 Å². The zero-order chi connectivity index (χ0) is 15.8. The molecule has 1 amide bonds. The van der Waals surface area contributed by atoms with Crippen molar-refractivity contribution in [2.75, 3.05) is 5.32 Å². The molecule has 2 rings (SSSR count). The lowest BCUT2D eigenvalue weighted by Gasteiger charge is -2.41. The van der Waals surface area contributed by atoms with Crippen molar-refractivity contribution in [3.63, 3.8) is 0 Å². The Labute approximate surface area is 118 Å². The van der Waals surface area contributed by atoms with Gasteiger partial charge in [-0.15, -0.1) is 6.42 Å². The molecule has 7 heteroatoms. The van der Waals surface area contributed by atoms with Crippen LogP contribution in [0.15, 0.2) is 12.1 Å². The van der Waals surface area contributed by atoms with Gasteiger partial charge in [-0.05, 0) is 31.4 Å². The Kier molecular flexibility index (Phi) is 3.68. The van der Waals surface area contributed by atoms with Crippen LogP contribution < -0.4 is 5.32 Å². The van der Waals surface area contributed by atoms with E-state index in [0.29, 0.717) is 6.42 Å². The van der Waals surface area contributed by atoms with Crippen molar-refractivity contribution in [1.82, 2.24) is 0 Å². The lowest BCUT2D eigenvalue weighted by atomic mass is 9.75. The van der Waals surface area contributed by atoms with Crippen molar-refractivity contribution in [2.24, 2.45) is 0 Å². The maximum atomic E-state index is 13.8. The lowest BCUT2D eigenvalue weighted by Crippen LogP contribution is -2.59. The number of hydrogen-bond acceptors (Lipinski definition) is 2. The zero-order valence-corrected chi connectivity index (χ0v) is 10.7. The number of alkyl halides is 2. The van der Waals surface area contributed by atoms with Crippen LogP contribution in [0.3, 0.4) is 0 Å². The highest BCUT2D eigenvalue weighted by Crippen LogP contribution is 2.44. The summed E-state index contributed by atoms with van der Waals surface area (Å²) in [6, 6.07) is 1.46. The molecule has 2 N–H and O–H groups in total. The van der Waals surface area contributed by atoms with Crippen molar-refractivity contribution in [3.05, 3.63) is 29.3 Å². The van der Waals surface area contributed by atoms with Gasteiger partial charge < -0.3 is 10.4 Å². The first-order valence-corrected chi connectivity index (χ1v) is 6.08. The fourth-order valence-corrected chi connectivity index (χ4v) is 2.00. The molecule has 1 aliphatic carbocycles. The normalized spacial score (nSPS) is 16.8. The van der Waals surface area contributed by atoms with Crippen LogP contribution in [0.25, 0.3) is 0 Å². The van der Waals surface area contributed by atoms with Crippen LogP contribution >= 0.6 is 0 Å². The number of nitrogens with one attached hydrogen (secondary N) is 1. The molecule has 0 heterocycles. The molecule has 0 aliphatic heterocycles. The fraction of sp³-hybridized carbons (Fsp3) is 0.357. The predicted molar refractivity (Wildman–Crippen MR) is 66.7 cm³/mol. The Morgan fingerprint density at radius 1 is 1.33 bits per heavy atom. The van der Waals surface area contributed by atoms with E-state index in [0.717, 1.165) is 12.1 Å². The molecule has 1 saturated carbocycles. The summed E-state index contributed by atoms with van der Waals surface area (Å²) in [4.78, 5) is 11.5. The Balaban J connectivity index is 2.26. The number of halogens is 4. The second kappa shape index (κ2) is 5.04. The predicted octanol–water partition coefficient (Wildman–Crippen LogP) is 2.43. The summed E-state index contributed by atoms with van der Waals surface area (Å²) in [5.41, 5.74) is -3.63. The van der Waals surface area contributed by atoms with Crippen molar-refractivity contribution in [3.8, 4) is 12.3 Å². The highest BCUT2D eigenvalue weighted by Gasteiger charge is 2.61. The van der Waals surface area contributed by atoms with Crippen LogP contribution in [-0.4, -0.2) is 22.5 Å². The van der Waals surface area contributed by atoms with Crippen LogP contribution in [-0.2, 0) is 4.79 Å². The minimum absolute atomic E-state index is 0.132. The monoisotopic (exact) mass is 301 g/mol. The second-order valence-corrected chi connectivity index (χ2v) is 4.87. The SMILES string of the molecule is C#Cc1cc(F)c(NC(=O)C(F)(F)C2(O)CCC2)c(F)c1. The molecular weight excluding hydrogens is 290 g/mol. The summed E-state index contributed by atoms with van der Waals surface area (Å²) < 4.78 is 54.8. The summed E-state index contributed by atoms with van der Waals surface area (Å²) in [6.45, 7) is 0. The van der Waals surface area contributed by atoms with E-state index < -0.39 is 34.8 Å². The molecule has 0 bridgehead atoms. The zero-order valence-electron chi connectivity index (χ0n) is 10.7. The number of anilines is 1. The third kappa shape index (κ3) is 2.47. The van der Waals surface area contributed by atoms with Gasteiger partial charge >= 0.3 is 5.92 Å². The van der Waals surface area contributed by atoms with E-state index in [9.17, 15) is 27.5 Å². The van der Waals surface area contributed by atoms with Gasteiger partial charge in [-0.25, -0.2) is 8.78 Å². The molecule has 0 unspecified atom stereocenters. The summed E-state index contributed by atoms with van der Waals surface area (Å²) in [6.07, 6.45) is 4.80. The molecule has 1 aliphatic rings. The molecule has 21 heavy (non-hydrogen) atoms. The Morgan fingerprint density at radius 2 is 1.86 bits per heavy atom. The molecule has 1 fully saturated rings. The molecule has 0 spiro atoms. The number of amides is 1. The number of terminal acetylenes is 1. The molecular formula is C14H11F4NO2. The average Bonchev–Trinajstić information content (AvgIpc) is 2.39. The third-order valence-corrected chi connectivity index (χ3v) is 3.50. The summed E-state index contributed by atoms with van der Waals surface area (Å²) in [7, 11) is 0. The quantitative estimate of drug-likeness (QED) is 0.665. The Hall–Kier alpha value is -2.07. The van der Waals surface area contributed by atoms with E-state index >= 15 is 0 Å². The van der Waals surface area contributed by atoms with Gasteiger partial charge in [-0.2, -0.15) is 8.78 Å². The fourth-order valence-electron chi connectivity index (χ4n) is 2.00. The number of aliphatic hydroxyl groups is 1. The Bertz CT molecular complexity index is 609. The number of rotatable bonds is 3. The van der Waals surface area contributed by atoms with E-state index in [1.54, 1.807) is 0 Å². The number of hydrogen-bond donors (Lipinski definition) is 2. The van der Waals surface area contributed by atoms with Gasteiger partial charge in [0.15, 0.2) is 11.6 Å². The van der Waals surface area contributed by atoms with Crippen LogP contribution in [0.4, 0.5) is 23.2 Å². The van der Waals surface area contributed by atoms with E-state index in [4.69, 9.17) is 6.42 Å². The van der Waals surface area contributed by atoms with Gasteiger partial charge in [0.2, 0.25) is 0 Å². The first kappa shape index (κ1) is 15.3. The van der Waals surface area contributed by atoms with Gasteiger partial charge in [0, 0.05) is 5.56 Å². The number of carbonyl (C=O) groups is 1. The average molecular weight is 301 g/mol. The van der Waals surface area contributed by atoms with Crippen LogP contribution in [0, 0.1) is 24.0 Å². The van der Waals surface area contributed by atoms with Gasteiger partial charge in [-0.1, -0.05) is 5.92 Å². The first-order chi connectivity index (χ1) is 9.71. The van der Waals surface area contributed by atoms with Gasteiger partial charge in [-0.3, -0.25) is 4.79 Å². The van der Waals surface area contributed by atoms with Crippen molar-refractivity contribution < 1.29 is 27.5 Å². The standard InChI is InChI=1S/C14H11F4NO2/c1-2-8-6-9(15)11(10(16)7-8)19-12(20)14(17,18)13(21)4-3-5-13/h1,6-7,21H,3-5H2,(H,19,20). The molecule has 0 saturated heterocycles. The summed E-state index contributed by atoms with van der Waals surface area (Å²) in [5.74, 6) is -6.67. The smallest absolute Gasteiger partial charge is 0.352 e. The second-order valence-electron chi connectivity index (χ2n) is 4.87. The van der Waals surface area contributed by atoms with Gasteiger partial charge in [0.05, 0.1) is 0 Å². The highest BCUT2D eigenvalue weighted by molar-refractivity contribution is 5.97. The maximum Gasteiger partial charge on any atom is 0.352 e. The number of carbonyl (C=O) groups excluding carboxylic acids is 1. The minimum atomic E-state index is -4.14. The lowest BCUT2D eigenvalue weighted by molar-refractivity contribution is -0.212. The van der Waals surface area contributed by atoms with Crippen molar-refractivity contribution in [2.45, 2.75) is 30.8 Å². The highest BCUT2D eigenvalue weighted by atomic mass is 19.3. The third-order valence-electron chi connectivity index (χ3n) is 3.50. The van der Waals surface area contributed by atoms with Gasteiger partial charge in [0.25, 0.3) is 5.91 Å². The summed E-state index contributed by atoms with van der Waals surface area (Å²) >= 11 is 0. The molecule has 112 valence electrons. The van der Waals surface area contributed by atoms with Crippen molar-refractivity contribution >= 4 is 11.6 Å². The van der Waals surface area contributed by atoms with Crippen LogP contribution in [0.2, 0.25) is 0 Å². The van der Waals surface area contributed by atoms with E-state index in [-0.39, 0.29) is 18.4 Å². The maximum absolute atomic E-state index is 13.8. The molecule has 0 aromatic heterocycles. The minimum Gasteiger partial charge on any atom is -0.383 e. The van der Waals surface area contributed by atoms with E-state index in [1.807, 2.05) is 5.92 Å². The molecule has 3 nitrogen and oxygen atoms in total. The molecule has 1 aromatic rings. The van der Waals surface area contributed by atoms with Crippen LogP contribution in [0.1, 0.15) is 24.8 Å². The number of benzene rings is 1. The Morgan fingerprint density at radius 3 is 2.24 bits per heavy atom. The van der Waals surface area contributed by atoms with Gasteiger partial charge in [0.1, 0.15) is 11.3 Å². The van der Waals surface area contributed by atoms with E-state index in [2.05, 4.69) is 0 Å².